The third-order valence-electron chi connectivity index (χ3n) is 3.68. The lowest BCUT2D eigenvalue weighted by atomic mass is 10.2. The Morgan fingerprint density at radius 3 is 2.67 bits per heavy atom. The molecule has 2 aromatic carbocycles. The standard InChI is InChI=1S/C20H18ClN3O2S/c1-2-3-18(25)24-20-23-16-10-9-15(12-17(16)27-20)22-19(26)11-6-13-4-7-14(21)8-5-13/h4-12H,2-3H2,1H3,(H,22,26)(H,23,24,25). The Morgan fingerprint density at radius 2 is 1.93 bits per heavy atom. The number of halogens is 1. The summed E-state index contributed by atoms with van der Waals surface area (Å²) in [7, 11) is 0. The minimum atomic E-state index is -0.231. The van der Waals surface area contributed by atoms with Crippen molar-refractivity contribution in [3.63, 3.8) is 0 Å². The lowest BCUT2D eigenvalue weighted by Gasteiger charge is -2.01. The molecular formula is C20H18ClN3O2S. The fraction of sp³-hybridized carbons (Fsp3) is 0.150. The van der Waals surface area contributed by atoms with Crippen LogP contribution in [0.1, 0.15) is 25.3 Å². The number of amides is 2. The summed E-state index contributed by atoms with van der Waals surface area (Å²) in [5.74, 6) is -0.275. The van der Waals surface area contributed by atoms with Crippen LogP contribution >= 0.6 is 22.9 Å². The summed E-state index contributed by atoms with van der Waals surface area (Å²) in [5.41, 5.74) is 2.34. The number of carbonyl (C=O) groups excluding carboxylic acids is 2. The molecule has 0 aliphatic rings. The number of thiazole rings is 1. The van der Waals surface area contributed by atoms with Gasteiger partial charge in [0.25, 0.3) is 0 Å². The van der Waals surface area contributed by atoms with Crippen LogP contribution in [0, 0.1) is 0 Å². The highest BCUT2D eigenvalue weighted by atomic mass is 35.5. The van der Waals surface area contributed by atoms with Crippen LogP contribution in [0.15, 0.2) is 48.5 Å². The van der Waals surface area contributed by atoms with E-state index >= 15 is 0 Å². The van der Waals surface area contributed by atoms with Gasteiger partial charge in [-0.05, 0) is 48.4 Å². The van der Waals surface area contributed by atoms with Crippen molar-refractivity contribution < 1.29 is 9.59 Å². The predicted molar refractivity (Wildman–Crippen MR) is 112 cm³/mol. The molecular weight excluding hydrogens is 382 g/mol. The van der Waals surface area contributed by atoms with Gasteiger partial charge in [0.05, 0.1) is 10.2 Å². The molecule has 138 valence electrons. The summed E-state index contributed by atoms with van der Waals surface area (Å²) in [6.07, 6.45) is 4.45. The first kappa shape index (κ1) is 19.1. The van der Waals surface area contributed by atoms with E-state index in [1.54, 1.807) is 24.3 Å². The Morgan fingerprint density at radius 1 is 1.15 bits per heavy atom. The van der Waals surface area contributed by atoms with Gasteiger partial charge in [0.15, 0.2) is 5.13 Å². The van der Waals surface area contributed by atoms with Gasteiger partial charge in [-0.1, -0.05) is 42.0 Å². The van der Waals surface area contributed by atoms with E-state index in [1.165, 1.54) is 17.4 Å². The third kappa shape index (κ3) is 5.39. The number of nitrogens with zero attached hydrogens (tertiary/aromatic N) is 1. The summed E-state index contributed by atoms with van der Waals surface area (Å²) < 4.78 is 0.890. The molecule has 0 atom stereocenters. The molecule has 0 unspecified atom stereocenters. The number of anilines is 2. The van der Waals surface area contributed by atoms with Crippen LogP contribution in [-0.4, -0.2) is 16.8 Å². The van der Waals surface area contributed by atoms with Crippen molar-refractivity contribution in [1.82, 2.24) is 4.98 Å². The fourth-order valence-electron chi connectivity index (χ4n) is 2.39. The summed E-state index contributed by atoms with van der Waals surface area (Å²) in [5, 5.41) is 6.84. The molecule has 1 aromatic heterocycles. The minimum absolute atomic E-state index is 0.0441. The highest BCUT2D eigenvalue weighted by Crippen LogP contribution is 2.28. The summed E-state index contributed by atoms with van der Waals surface area (Å²) >= 11 is 7.22. The van der Waals surface area contributed by atoms with Gasteiger partial charge in [0.2, 0.25) is 11.8 Å². The molecule has 0 saturated heterocycles. The first-order chi connectivity index (χ1) is 13.0. The van der Waals surface area contributed by atoms with E-state index in [-0.39, 0.29) is 11.8 Å². The molecule has 0 aliphatic carbocycles. The average molecular weight is 400 g/mol. The number of carbonyl (C=O) groups is 2. The minimum Gasteiger partial charge on any atom is -0.322 e. The smallest absolute Gasteiger partial charge is 0.248 e. The van der Waals surface area contributed by atoms with Gasteiger partial charge in [0, 0.05) is 23.2 Å². The highest BCUT2D eigenvalue weighted by Gasteiger charge is 2.08. The molecule has 0 bridgehead atoms. The van der Waals surface area contributed by atoms with Crippen LogP contribution in [0.4, 0.5) is 10.8 Å². The van der Waals surface area contributed by atoms with Gasteiger partial charge in [-0.3, -0.25) is 9.59 Å². The van der Waals surface area contributed by atoms with Crippen molar-refractivity contribution in [3.8, 4) is 0 Å². The number of nitrogens with one attached hydrogen (secondary N) is 2. The van der Waals surface area contributed by atoms with Crippen LogP contribution in [-0.2, 0) is 9.59 Å². The largest absolute Gasteiger partial charge is 0.322 e. The topological polar surface area (TPSA) is 71.1 Å². The maximum absolute atomic E-state index is 12.1. The van der Waals surface area contributed by atoms with Gasteiger partial charge in [-0.2, -0.15) is 0 Å². The molecule has 0 aliphatic heterocycles. The van der Waals surface area contributed by atoms with Crippen LogP contribution in [0.2, 0.25) is 5.02 Å². The molecule has 27 heavy (non-hydrogen) atoms. The van der Waals surface area contributed by atoms with Gasteiger partial charge >= 0.3 is 0 Å². The molecule has 0 saturated carbocycles. The third-order valence-corrected chi connectivity index (χ3v) is 4.86. The number of fused-ring (bicyclic) bond motifs is 1. The van der Waals surface area contributed by atoms with Gasteiger partial charge < -0.3 is 10.6 Å². The second-order valence-electron chi connectivity index (χ2n) is 5.87. The van der Waals surface area contributed by atoms with E-state index in [0.29, 0.717) is 22.3 Å². The second kappa shape index (κ2) is 8.79. The fourth-order valence-corrected chi connectivity index (χ4v) is 3.44. The Balaban J connectivity index is 1.66. The van der Waals surface area contributed by atoms with Crippen LogP contribution in [0.3, 0.4) is 0 Å². The number of benzene rings is 2. The first-order valence-corrected chi connectivity index (χ1v) is 9.68. The molecule has 0 fully saturated rings. The highest BCUT2D eigenvalue weighted by molar-refractivity contribution is 7.22. The molecule has 0 radical (unpaired) electrons. The van der Waals surface area contributed by atoms with Crippen LogP contribution in [0.25, 0.3) is 16.3 Å². The quantitative estimate of drug-likeness (QED) is 0.549. The molecule has 3 rings (SSSR count). The van der Waals surface area contributed by atoms with Crippen LogP contribution < -0.4 is 10.6 Å². The van der Waals surface area contributed by atoms with E-state index in [0.717, 1.165) is 22.2 Å². The van der Waals surface area contributed by atoms with Crippen molar-refractivity contribution >= 4 is 61.9 Å². The maximum atomic E-state index is 12.1. The molecule has 0 spiro atoms. The molecule has 7 heteroatoms. The summed E-state index contributed by atoms with van der Waals surface area (Å²) in [4.78, 5) is 28.2. The monoisotopic (exact) mass is 399 g/mol. The van der Waals surface area contributed by atoms with Crippen molar-refractivity contribution in [2.75, 3.05) is 10.6 Å². The Kier molecular flexibility index (Phi) is 6.21. The summed E-state index contributed by atoms with van der Waals surface area (Å²) in [6, 6.07) is 12.7. The number of hydrogen-bond acceptors (Lipinski definition) is 4. The number of rotatable bonds is 6. The Labute approximate surface area is 166 Å². The van der Waals surface area contributed by atoms with Crippen molar-refractivity contribution in [3.05, 3.63) is 59.1 Å². The SMILES string of the molecule is CCCC(=O)Nc1nc2ccc(NC(=O)C=Cc3ccc(Cl)cc3)cc2s1. The molecule has 3 aromatic rings. The Hall–Kier alpha value is -2.70. The van der Waals surface area contributed by atoms with Crippen molar-refractivity contribution in [2.45, 2.75) is 19.8 Å². The zero-order valence-electron chi connectivity index (χ0n) is 14.7. The van der Waals surface area contributed by atoms with E-state index in [4.69, 9.17) is 11.6 Å². The zero-order chi connectivity index (χ0) is 19.2. The van der Waals surface area contributed by atoms with E-state index in [2.05, 4.69) is 15.6 Å². The lowest BCUT2D eigenvalue weighted by molar-refractivity contribution is -0.116. The maximum Gasteiger partial charge on any atom is 0.248 e. The first-order valence-electron chi connectivity index (χ1n) is 8.48. The second-order valence-corrected chi connectivity index (χ2v) is 7.34. The van der Waals surface area contributed by atoms with E-state index < -0.39 is 0 Å². The van der Waals surface area contributed by atoms with Crippen LogP contribution in [0.5, 0.6) is 0 Å². The number of aromatic nitrogens is 1. The average Bonchev–Trinajstić information content (AvgIpc) is 3.02. The van der Waals surface area contributed by atoms with Gasteiger partial charge in [-0.25, -0.2) is 4.98 Å². The van der Waals surface area contributed by atoms with Crippen molar-refractivity contribution in [2.24, 2.45) is 0 Å². The van der Waals surface area contributed by atoms with Crippen molar-refractivity contribution in [1.29, 1.82) is 0 Å². The molecule has 2 N–H and O–H groups in total. The number of hydrogen-bond donors (Lipinski definition) is 2. The lowest BCUT2D eigenvalue weighted by Crippen LogP contribution is -2.09. The Bertz CT molecular complexity index is 996. The van der Waals surface area contributed by atoms with Gasteiger partial charge in [0.1, 0.15) is 0 Å². The van der Waals surface area contributed by atoms with E-state index in [9.17, 15) is 9.59 Å². The zero-order valence-corrected chi connectivity index (χ0v) is 16.2. The van der Waals surface area contributed by atoms with Gasteiger partial charge in [-0.15, -0.1) is 0 Å². The summed E-state index contributed by atoms with van der Waals surface area (Å²) in [6.45, 7) is 1.95. The van der Waals surface area contributed by atoms with E-state index in [1.807, 2.05) is 31.2 Å². The molecule has 2 amide bonds. The molecule has 5 nitrogen and oxygen atoms in total. The molecule has 1 heterocycles. The normalized spacial score (nSPS) is 11.0. The predicted octanol–water partition coefficient (Wildman–Crippen LogP) is 5.34.